The molecule has 0 amide bonds. The summed E-state index contributed by atoms with van der Waals surface area (Å²) in [7, 11) is 0. The second-order valence-electron chi connectivity index (χ2n) is 3.37. The summed E-state index contributed by atoms with van der Waals surface area (Å²) in [5.41, 5.74) is 0.000990. The van der Waals surface area contributed by atoms with Crippen molar-refractivity contribution in [3.63, 3.8) is 0 Å². The van der Waals surface area contributed by atoms with Gasteiger partial charge in [-0.05, 0) is 25.1 Å². The van der Waals surface area contributed by atoms with Crippen LogP contribution in [0.1, 0.15) is 17.4 Å². The summed E-state index contributed by atoms with van der Waals surface area (Å²) in [5, 5.41) is 0.331. The Labute approximate surface area is 107 Å². The van der Waals surface area contributed by atoms with E-state index in [0.29, 0.717) is 5.02 Å². The smallest absolute Gasteiger partial charge is 0.360 e. The number of esters is 1. The predicted octanol–water partition coefficient (Wildman–Crippen LogP) is 3.31. The molecule has 0 aliphatic heterocycles. The number of halogens is 2. The highest BCUT2D eigenvalue weighted by atomic mass is 35.5. The minimum Gasteiger partial charge on any atom is -0.461 e. The predicted molar refractivity (Wildman–Crippen MR) is 62.9 cm³/mol. The van der Waals surface area contributed by atoms with E-state index in [1.807, 2.05) is 0 Å². The van der Waals surface area contributed by atoms with Crippen molar-refractivity contribution in [2.24, 2.45) is 0 Å². The molecule has 1 heterocycles. The van der Waals surface area contributed by atoms with E-state index in [9.17, 15) is 9.18 Å². The fraction of sp³-hybridized carbons (Fsp3) is 0.167. The standard InChI is InChI=1S/C12H9ClFNO3/c1-2-17-12(16)10-11(18-6-15-10)8-5-7(13)3-4-9(8)14/h3-6H,2H2,1H3. The summed E-state index contributed by atoms with van der Waals surface area (Å²) in [5.74, 6) is -1.21. The van der Waals surface area contributed by atoms with Crippen LogP contribution in [-0.4, -0.2) is 17.6 Å². The van der Waals surface area contributed by atoms with E-state index in [4.69, 9.17) is 20.8 Å². The van der Waals surface area contributed by atoms with Crippen LogP contribution in [0.2, 0.25) is 5.02 Å². The number of oxazole rings is 1. The van der Waals surface area contributed by atoms with E-state index >= 15 is 0 Å². The first-order chi connectivity index (χ1) is 8.63. The van der Waals surface area contributed by atoms with Gasteiger partial charge < -0.3 is 9.15 Å². The van der Waals surface area contributed by atoms with Gasteiger partial charge in [-0.2, -0.15) is 0 Å². The molecule has 1 aromatic carbocycles. The Bertz CT molecular complexity index is 582. The second kappa shape index (κ2) is 5.18. The third-order valence-electron chi connectivity index (χ3n) is 2.21. The first-order valence-corrected chi connectivity index (χ1v) is 5.57. The van der Waals surface area contributed by atoms with Gasteiger partial charge in [-0.1, -0.05) is 11.6 Å². The minimum atomic E-state index is -0.666. The van der Waals surface area contributed by atoms with Gasteiger partial charge in [-0.25, -0.2) is 14.2 Å². The van der Waals surface area contributed by atoms with Crippen molar-refractivity contribution in [3.8, 4) is 11.3 Å². The number of rotatable bonds is 3. The third-order valence-corrected chi connectivity index (χ3v) is 2.44. The summed E-state index contributed by atoms with van der Waals surface area (Å²) in [6.07, 6.45) is 1.06. The van der Waals surface area contributed by atoms with Crippen molar-refractivity contribution in [3.05, 3.63) is 41.1 Å². The van der Waals surface area contributed by atoms with Crippen LogP contribution < -0.4 is 0 Å². The van der Waals surface area contributed by atoms with E-state index in [-0.39, 0.29) is 23.6 Å². The maximum atomic E-state index is 13.7. The number of nitrogens with zero attached hydrogens (tertiary/aromatic N) is 1. The van der Waals surface area contributed by atoms with Gasteiger partial charge in [0.1, 0.15) is 5.82 Å². The maximum absolute atomic E-state index is 13.7. The first-order valence-electron chi connectivity index (χ1n) is 5.19. The Kier molecular flexibility index (Phi) is 3.62. The molecule has 2 aromatic rings. The normalized spacial score (nSPS) is 10.4. The molecule has 0 saturated heterocycles. The first kappa shape index (κ1) is 12.6. The molecule has 0 aliphatic rings. The summed E-state index contributed by atoms with van der Waals surface area (Å²) in [6.45, 7) is 1.86. The van der Waals surface area contributed by atoms with Crippen LogP contribution in [0.4, 0.5) is 4.39 Å². The van der Waals surface area contributed by atoms with Gasteiger partial charge >= 0.3 is 5.97 Å². The Morgan fingerprint density at radius 1 is 1.56 bits per heavy atom. The molecule has 0 spiro atoms. The lowest BCUT2D eigenvalue weighted by molar-refractivity contribution is 0.0520. The molecule has 0 atom stereocenters. The fourth-order valence-electron chi connectivity index (χ4n) is 1.45. The van der Waals surface area contributed by atoms with E-state index in [2.05, 4.69) is 4.98 Å². The molecule has 0 unspecified atom stereocenters. The van der Waals surface area contributed by atoms with Gasteiger partial charge in [0.2, 0.25) is 0 Å². The molecule has 2 rings (SSSR count). The van der Waals surface area contributed by atoms with Crippen LogP contribution in [0, 0.1) is 5.82 Å². The van der Waals surface area contributed by atoms with E-state index in [0.717, 1.165) is 6.39 Å². The number of aromatic nitrogens is 1. The number of carbonyl (C=O) groups excluding carboxylic acids is 1. The van der Waals surface area contributed by atoms with Gasteiger partial charge in [0, 0.05) is 5.02 Å². The lowest BCUT2D eigenvalue weighted by Crippen LogP contribution is -2.06. The quantitative estimate of drug-likeness (QED) is 0.802. The molecule has 0 radical (unpaired) electrons. The van der Waals surface area contributed by atoms with Crippen LogP contribution in [0.25, 0.3) is 11.3 Å². The highest BCUT2D eigenvalue weighted by Gasteiger charge is 2.21. The average molecular weight is 270 g/mol. The van der Waals surface area contributed by atoms with Gasteiger partial charge in [0.05, 0.1) is 12.2 Å². The van der Waals surface area contributed by atoms with Crippen molar-refractivity contribution in [2.75, 3.05) is 6.61 Å². The molecule has 0 N–H and O–H groups in total. The molecule has 0 fully saturated rings. The van der Waals surface area contributed by atoms with Crippen molar-refractivity contribution in [1.29, 1.82) is 0 Å². The van der Waals surface area contributed by atoms with E-state index < -0.39 is 11.8 Å². The summed E-state index contributed by atoms with van der Waals surface area (Å²) in [6, 6.07) is 3.95. The van der Waals surface area contributed by atoms with Crippen molar-refractivity contribution in [2.45, 2.75) is 6.92 Å². The highest BCUT2D eigenvalue weighted by molar-refractivity contribution is 6.30. The second-order valence-corrected chi connectivity index (χ2v) is 3.81. The van der Waals surface area contributed by atoms with Crippen molar-refractivity contribution in [1.82, 2.24) is 4.98 Å². The average Bonchev–Trinajstić information content (AvgIpc) is 2.81. The number of hydrogen-bond donors (Lipinski definition) is 0. The Hall–Kier alpha value is -1.88. The molecule has 6 heteroatoms. The zero-order valence-electron chi connectivity index (χ0n) is 9.44. The number of carbonyl (C=O) groups is 1. The Balaban J connectivity index is 2.48. The minimum absolute atomic E-state index is 0.00782. The molecule has 18 heavy (non-hydrogen) atoms. The number of benzene rings is 1. The topological polar surface area (TPSA) is 52.3 Å². The molecule has 0 aliphatic carbocycles. The van der Waals surface area contributed by atoms with Crippen LogP contribution in [-0.2, 0) is 4.74 Å². The summed E-state index contributed by atoms with van der Waals surface area (Å²) in [4.78, 5) is 15.3. The van der Waals surface area contributed by atoms with Crippen LogP contribution in [0.5, 0.6) is 0 Å². The van der Waals surface area contributed by atoms with Crippen LogP contribution in [0.15, 0.2) is 29.0 Å². The van der Waals surface area contributed by atoms with Gasteiger partial charge in [0.15, 0.2) is 17.8 Å². The van der Waals surface area contributed by atoms with E-state index in [1.165, 1.54) is 18.2 Å². The Morgan fingerprint density at radius 2 is 2.33 bits per heavy atom. The fourth-order valence-corrected chi connectivity index (χ4v) is 1.63. The molecule has 94 valence electrons. The van der Waals surface area contributed by atoms with Gasteiger partial charge in [0.25, 0.3) is 0 Å². The highest BCUT2D eigenvalue weighted by Crippen LogP contribution is 2.28. The summed E-state index contributed by atoms with van der Waals surface area (Å²) >= 11 is 5.78. The largest absolute Gasteiger partial charge is 0.461 e. The maximum Gasteiger partial charge on any atom is 0.360 e. The SMILES string of the molecule is CCOC(=O)c1ncoc1-c1cc(Cl)ccc1F. The van der Waals surface area contributed by atoms with Crippen LogP contribution in [0.3, 0.4) is 0 Å². The number of hydrogen-bond acceptors (Lipinski definition) is 4. The lowest BCUT2D eigenvalue weighted by atomic mass is 10.1. The van der Waals surface area contributed by atoms with Gasteiger partial charge in [-0.3, -0.25) is 0 Å². The molecular formula is C12H9ClFNO3. The van der Waals surface area contributed by atoms with E-state index in [1.54, 1.807) is 6.92 Å². The number of ether oxygens (including phenoxy) is 1. The molecule has 1 aromatic heterocycles. The zero-order valence-corrected chi connectivity index (χ0v) is 10.2. The van der Waals surface area contributed by atoms with Crippen LogP contribution >= 0.6 is 11.6 Å². The molecule has 0 bridgehead atoms. The monoisotopic (exact) mass is 269 g/mol. The molecular weight excluding hydrogens is 261 g/mol. The molecule has 0 saturated carbocycles. The Morgan fingerprint density at radius 3 is 3.06 bits per heavy atom. The third kappa shape index (κ3) is 2.36. The zero-order chi connectivity index (χ0) is 13.1. The van der Waals surface area contributed by atoms with Crippen molar-refractivity contribution >= 4 is 17.6 Å². The van der Waals surface area contributed by atoms with Crippen molar-refractivity contribution < 1.29 is 18.3 Å². The lowest BCUT2D eigenvalue weighted by Gasteiger charge is -2.03. The van der Waals surface area contributed by atoms with Gasteiger partial charge in [-0.15, -0.1) is 0 Å². The molecule has 4 nitrogen and oxygen atoms in total. The summed E-state index contributed by atoms with van der Waals surface area (Å²) < 4.78 is 23.5.